The van der Waals surface area contributed by atoms with E-state index in [1.165, 1.54) is 12.0 Å². The van der Waals surface area contributed by atoms with Gasteiger partial charge < -0.3 is 20.3 Å². The highest BCUT2D eigenvalue weighted by molar-refractivity contribution is 9.10. The van der Waals surface area contributed by atoms with Gasteiger partial charge in [0.25, 0.3) is 11.8 Å². The second-order valence-corrected chi connectivity index (χ2v) is 11.1. The SMILES string of the molecule is COC(=O)C1CCCN1C(=O)c1ccc(Br)cc1N[C@@]1(Cc2cccc(Cl)c2)C(=O)Nc2cc(Cl)ccc21. The highest BCUT2D eigenvalue weighted by atomic mass is 79.9. The number of esters is 1. The molecular formula is C28H24BrCl2N3O4. The van der Waals surface area contributed by atoms with Gasteiger partial charge in [-0.25, -0.2) is 4.79 Å². The van der Waals surface area contributed by atoms with Crippen LogP contribution in [0.4, 0.5) is 11.4 Å². The third-order valence-corrected chi connectivity index (χ3v) is 7.95. The quantitative estimate of drug-likeness (QED) is 0.330. The van der Waals surface area contributed by atoms with Crippen LogP contribution in [0.25, 0.3) is 0 Å². The summed E-state index contributed by atoms with van der Waals surface area (Å²) in [6.07, 6.45) is 1.48. The minimum atomic E-state index is -1.27. The molecule has 2 amide bonds. The first-order valence-corrected chi connectivity index (χ1v) is 13.6. The van der Waals surface area contributed by atoms with Gasteiger partial charge in [0.15, 0.2) is 0 Å². The Morgan fingerprint density at radius 1 is 1.13 bits per heavy atom. The van der Waals surface area contributed by atoms with Gasteiger partial charge in [-0.3, -0.25) is 9.59 Å². The van der Waals surface area contributed by atoms with Crippen LogP contribution in [-0.2, 0) is 26.3 Å². The topological polar surface area (TPSA) is 87.7 Å². The highest BCUT2D eigenvalue weighted by Crippen LogP contribution is 2.43. The summed E-state index contributed by atoms with van der Waals surface area (Å²) in [5, 5.41) is 7.41. The first kappa shape index (κ1) is 26.5. The molecule has 3 aromatic rings. The molecule has 2 N–H and O–H groups in total. The number of fused-ring (bicyclic) bond motifs is 1. The zero-order valence-corrected chi connectivity index (χ0v) is 23.5. The number of rotatable bonds is 6. The summed E-state index contributed by atoms with van der Waals surface area (Å²) < 4.78 is 5.65. The number of carbonyl (C=O) groups is 3. The van der Waals surface area contributed by atoms with Gasteiger partial charge in [0.1, 0.15) is 11.6 Å². The summed E-state index contributed by atoms with van der Waals surface area (Å²) in [7, 11) is 1.32. The molecule has 5 rings (SSSR count). The fourth-order valence-corrected chi connectivity index (χ4v) is 5.97. The van der Waals surface area contributed by atoms with E-state index in [2.05, 4.69) is 26.6 Å². The molecule has 0 bridgehead atoms. The molecular weight excluding hydrogens is 593 g/mol. The normalized spacial score (nSPS) is 20.2. The molecule has 2 atom stereocenters. The van der Waals surface area contributed by atoms with Crippen LogP contribution in [0.5, 0.6) is 0 Å². The largest absolute Gasteiger partial charge is 0.467 e. The molecule has 196 valence electrons. The van der Waals surface area contributed by atoms with Crippen LogP contribution in [0.2, 0.25) is 10.0 Å². The van der Waals surface area contributed by atoms with E-state index in [-0.39, 0.29) is 18.2 Å². The lowest BCUT2D eigenvalue weighted by Crippen LogP contribution is -2.45. The zero-order chi connectivity index (χ0) is 27.0. The number of benzene rings is 3. The number of nitrogens with zero attached hydrogens (tertiary/aromatic N) is 1. The smallest absolute Gasteiger partial charge is 0.328 e. The first-order valence-electron chi connectivity index (χ1n) is 12.0. The number of carbonyl (C=O) groups excluding carboxylic acids is 3. The number of likely N-dealkylation sites (tertiary alicyclic amines) is 1. The lowest BCUT2D eigenvalue weighted by atomic mass is 9.84. The van der Waals surface area contributed by atoms with E-state index in [0.717, 1.165) is 10.0 Å². The van der Waals surface area contributed by atoms with E-state index in [9.17, 15) is 14.4 Å². The van der Waals surface area contributed by atoms with Crippen molar-refractivity contribution in [3.63, 3.8) is 0 Å². The Labute approximate surface area is 238 Å². The molecule has 1 saturated heterocycles. The van der Waals surface area contributed by atoms with Crippen LogP contribution in [0, 0.1) is 0 Å². The monoisotopic (exact) mass is 615 g/mol. The van der Waals surface area contributed by atoms with Crippen molar-refractivity contribution in [2.45, 2.75) is 30.8 Å². The molecule has 2 heterocycles. The maximum atomic E-state index is 13.8. The number of nitrogens with one attached hydrogen (secondary N) is 2. The average molecular weight is 617 g/mol. The molecule has 10 heteroatoms. The van der Waals surface area contributed by atoms with Crippen molar-refractivity contribution in [2.24, 2.45) is 0 Å². The van der Waals surface area contributed by atoms with Gasteiger partial charge in [0.2, 0.25) is 0 Å². The van der Waals surface area contributed by atoms with Gasteiger partial charge in [-0.15, -0.1) is 0 Å². The minimum absolute atomic E-state index is 0.253. The van der Waals surface area contributed by atoms with E-state index in [4.69, 9.17) is 27.9 Å². The van der Waals surface area contributed by atoms with Crippen LogP contribution < -0.4 is 10.6 Å². The van der Waals surface area contributed by atoms with Crippen molar-refractivity contribution in [3.8, 4) is 0 Å². The Bertz CT molecular complexity index is 1450. The third-order valence-electron chi connectivity index (χ3n) is 6.98. The van der Waals surface area contributed by atoms with Crippen LogP contribution in [0.15, 0.2) is 65.1 Å². The van der Waals surface area contributed by atoms with E-state index in [1.54, 1.807) is 42.5 Å². The third kappa shape index (κ3) is 4.88. The Kier molecular flexibility index (Phi) is 7.40. The van der Waals surface area contributed by atoms with Crippen molar-refractivity contribution >= 4 is 68.3 Å². The molecule has 0 radical (unpaired) electrons. The molecule has 0 spiro atoms. The fourth-order valence-electron chi connectivity index (χ4n) is 5.22. The molecule has 3 aromatic carbocycles. The van der Waals surface area contributed by atoms with Crippen LogP contribution in [0.3, 0.4) is 0 Å². The van der Waals surface area contributed by atoms with Crippen molar-refractivity contribution < 1.29 is 19.1 Å². The predicted molar refractivity (Wildman–Crippen MR) is 151 cm³/mol. The fraction of sp³-hybridized carbons (Fsp3) is 0.250. The van der Waals surface area contributed by atoms with Crippen molar-refractivity contribution in [3.05, 3.63) is 91.9 Å². The van der Waals surface area contributed by atoms with Gasteiger partial charge in [0.05, 0.1) is 12.7 Å². The summed E-state index contributed by atoms with van der Waals surface area (Å²) in [5.41, 5.74) is 1.62. The summed E-state index contributed by atoms with van der Waals surface area (Å²) in [6.45, 7) is 0.434. The predicted octanol–water partition coefficient (Wildman–Crippen LogP) is 6.04. The van der Waals surface area contributed by atoms with Gasteiger partial charge >= 0.3 is 5.97 Å². The molecule has 0 saturated carbocycles. The van der Waals surface area contributed by atoms with Crippen LogP contribution in [-0.4, -0.2) is 42.4 Å². The molecule has 38 heavy (non-hydrogen) atoms. The van der Waals surface area contributed by atoms with Gasteiger partial charge in [0, 0.05) is 44.4 Å². The van der Waals surface area contributed by atoms with Gasteiger partial charge in [-0.2, -0.15) is 0 Å². The Morgan fingerprint density at radius 3 is 2.68 bits per heavy atom. The van der Waals surface area contributed by atoms with Crippen LogP contribution >= 0.6 is 39.1 Å². The van der Waals surface area contributed by atoms with E-state index in [1.807, 2.05) is 18.2 Å². The number of hydrogen-bond acceptors (Lipinski definition) is 5. The maximum absolute atomic E-state index is 13.8. The lowest BCUT2D eigenvalue weighted by molar-refractivity contribution is -0.145. The molecule has 0 aromatic heterocycles. The number of halogens is 3. The summed E-state index contributed by atoms with van der Waals surface area (Å²) in [5.74, 6) is -1.05. The second kappa shape index (κ2) is 10.6. The van der Waals surface area contributed by atoms with E-state index >= 15 is 0 Å². The number of hydrogen-bond donors (Lipinski definition) is 2. The number of ether oxygens (including phenoxy) is 1. The lowest BCUT2D eigenvalue weighted by Gasteiger charge is -2.32. The van der Waals surface area contributed by atoms with Crippen LogP contribution in [0.1, 0.15) is 34.3 Å². The summed E-state index contributed by atoms with van der Waals surface area (Å²) in [4.78, 5) is 41.4. The molecule has 1 unspecified atom stereocenters. The number of methoxy groups -OCH3 is 1. The highest BCUT2D eigenvalue weighted by Gasteiger charge is 2.48. The number of anilines is 2. The van der Waals surface area contributed by atoms with Gasteiger partial charge in [-0.1, -0.05) is 57.3 Å². The van der Waals surface area contributed by atoms with Gasteiger partial charge in [-0.05, 0) is 60.9 Å². The summed E-state index contributed by atoms with van der Waals surface area (Å²) in [6, 6.07) is 17.1. The first-order chi connectivity index (χ1) is 18.2. The van der Waals surface area contributed by atoms with E-state index < -0.39 is 17.6 Å². The minimum Gasteiger partial charge on any atom is -0.467 e. The van der Waals surface area contributed by atoms with Crippen molar-refractivity contribution in [1.82, 2.24) is 4.90 Å². The molecule has 2 aliphatic rings. The molecule has 7 nitrogen and oxygen atoms in total. The Morgan fingerprint density at radius 2 is 1.92 bits per heavy atom. The molecule has 1 fully saturated rings. The molecule has 0 aliphatic carbocycles. The Balaban J connectivity index is 1.60. The van der Waals surface area contributed by atoms with Crippen molar-refractivity contribution in [2.75, 3.05) is 24.3 Å². The number of amides is 2. The Hall–Kier alpha value is -3.07. The second-order valence-electron chi connectivity index (χ2n) is 9.35. The average Bonchev–Trinajstić information content (AvgIpc) is 3.46. The standard InChI is InChI=1S/C28H24BrCl2N3O4/c1-38-26(36)24-6-3-11-34(24)25(35)20-9-7-17(29)13-22(20)33-28(15-16-4-2-5-18(30)12-16)21-10-8-19(31)14-23(21)32-27(28)37/h2,4-5,7-10,12-14,24,33H,3,6,11,15H2,1H3,(H,32,37)/t24?,28-/m1/s1. The maximum Gasteiger partial charge on any atom is 0.328 e. The van der Waals surface area contributed by atoms with E-state index in [0.29, 0.717) is 51.9 Å². The molecule has 2 aliphatic heterocycles. The zero-order valence-electron chi connectivity index (χ0n) is 20.4. The van der Waals surface area contributed by atoms with Crippen molar-refractivity contribution in [1.29, 1.82) is 0 Å². The summed E-state index contributed by atoms with van der Waals surface area (Å²) >= 11 is 16.0.